The van der Waals surface area contributed by atoms with Crippen LogP contribution < -0.4 is 10.3 Å². The van der Waals surface area contributed by atoms with Gasteiger partial charge in [0, 0.05) is 30.4 Å². The van der Waals surface area contributed by atoms with Gasteiger partial charge < -0.3 is 14.6 Å². The van der Waals surface area contributed by atoms with Crippen LogP contribution in [-0.4, -0.2) is 42.2 Å². The Labute approximate surface area is 195 Å². The largest absolute Gasteiger partial charge is 0.460 e. The smallest absolute Gasteiger partial charge is 0.375 e. The Hall–Kier alpha value is -3.81. The second-order valence-corrected chi connectivity index (χ2v) is 8.30. The molecule has 0 spiro atoms. The highest BCUT2D eigenvalue weighted by Gasteiger charge is 2.23. The molecule has 1 aliphatic heterocycles. The minimum Gasteiger partial charge on any atom is -0.460 e. The molecule has 0 bridgehead atoms. The van der Waals surface area contributed by atoms with E-state index in [0.717, 1.165) is 42.7 Å². The summed E-state index contributed by atoms with van der Waals surface area (Å²) in [5.74, 6) is -3.15. The number of nitrogens with zero attached hydrogens (tertiary/aromatic N) is 1. The van der Waals surface area contributed by atoms with Gasteiger partial charge in [0.15, 0.2) is 11.2 Å². The summed E-state index contributed by atoms with van der Waals surface area (Å²) < 4.78 is 18.0. The molecule has 8 heteroatoms. The van der Waals surface area contributed by atoms with E-state index < -0.39 is 29.4 Å². The van der Waals surface area contributed by atoms with E-state index >= 15 is 0 Å². The molecule has 0 saturated carbocycles. The number of hydrogen-bond acceptors (Lipinski definition) is 6. The standard InChI is InChI=1S/C26H25FN2O5/c1-2-34-26(33)24(31)14-23(30)20-15-28-21-13-22(29-9-3-4-10-29)17(12-19(21)25(20)32)11-16-5-7-18(27)8-6-16/h5-8,12-13,15H,2-4,9-11,14H2,1H3,(H,28,32). The molecule has 0 radical (unpaired) electrons. The first-order valence-corrected chi connectivity index (χ1v) is 11.3. The Bertz CT molecular complexity index is 1310. The van der Waals surface area contributed by atoms with E-state index in [2.05, 4.69) is 14.6 Å². The van der Waals surface area contributed by atoms with Crippen molar-refractivity contribution < 1.29 is 23.5 Å². The lowest BCUT2D eigenvalue weighted by molar-refractivity contribution is -0.153. The second-order valence-electron chi connectivity index (χ2n) is 8.30. The Morgan fingerprint density at radius 2 is 1.79 bits per heavy atom. The Balaban J connectivity index is 1.73. The fourth-order valence-corrected chi connectivity index (χ4v) is 4.25. The van der Waals surface area contributed by atoms with Crippen molar-refractivity contribution in [3.8, 4) is 0 Å². The van der Waals surface area contributed by atoms with E-state index in [4.69, 9.17) is 0 Å². The van der Waals surface area contributed by atoms with Crippen LogP contribution >= 0.6 is 0 Å². The monoisotopic (exact) mass is 464 g/mol. The van der Waals surface area contributed by atoms with Crippen LogP contribution in [0, 0.1) is 5.82 Å². The van der Waals surface area contributed by atoms with Gasteiger partial charge in [-0.25, -0.2) is 9.18 Å². The first-order chi connectivity index (χ1) is 16.4. The van der Waals surface area contributed by atoms with E-state index in [1.54, 1.807) is 25.1 Å². The third-order valence-electron chi connectivity index (χ3n) is 5.96. The number of ketones is 2. The van der Waals surface area contributed by atoms with E-state index in [-0.39, 0.29) is 18.0 Å². The minimum absolute atomic E-state index is 0.0194. The van der Waals surface area contributed by atoms with Crippen molar-refractivity contribution in [1.82, 2.24) is 4.98 Å². The maximum Gasteiger partial charge on any atom is 0.375 e. The summed E-state index contributed by atoms with van der Waals surface area (Å²) >= 11 is 0. The lowest BCUT2D eigenvalue weighted by Gasteiger charge is -2.22. The molecule has 0 amide bonds. The summed E-state index contributed by atoms with van der Waals surface area (Å²) in [7, 11) is 0. The molecule has 2 heterocycles. The third-order valence-corrected chi connectivity index (χ3v) is 5.96. The third kappa shape index (κ3) is 4.90. The van der Waals surface area contributed by atoms with E-state index in [9.17, 15) is 23.6 Å². The Morgan fingerprint density at radius 1 is 1.09 bits per heavy atom. The van der Waals surface area contributed by atoms with Gasteiger partial charge in [-0.3, -0.25) is 14.4 Å². The molecule has 1 fully saturated rings. The number of pyridine rings is 1. The van der Waals surface area contributed by atoms with Gasteiger partial charge in [0.25, 0.3) is 0 Å². The molecule has 1 aromatic heterocycles. The van der Waals surface area contributed by atoms with Crippen molar-refractivity contribution in [2.45, 2.75) is 32.6 Å². The number of fused-ring (bicyclic) bond motifs is 1. The van der Waals surface area contributed by atoms with Gasteiger partial charge in [-0.05, 0) is 61.6 Å². The van der Waals surface area contributed by atoms with Crippen molar-refractivity contribution in [2.75, 3.05) is 24.6 Å². The number of benzene rings is 2. The lowest BCUT2D eigenvalue weighted by Crippen LogP contribution is -2.24. The molecule has 1 saturated heterocycles. The van der Waals surface area contributed by atoms with Crippen molar-refractivity contribution in [3.63, 3.8) is 0 Å². The van der Waals surface area contributed by atoms with Crippen molar-refractivity contribution in [1.29, 1.82) is 0 Å². The number of H-pyrrole nitrogens is 1. The molecule has 34 heavy (non-hydrogen) atoms. The van der Waals surface area contributed by atoms with Gasteiger partial charge in [-0.1, -0.05) is 12.1 Å². The molecule has 2 aromatic carbocycles. The van der Waals surface area contributed by atoms with Crippen molar-refractivity contribution >= 4 is 34.1 Å². The van der Waals surface area contributed by atoms with Crippen LogP contribution in [0.4, 0.5) is 10.1 Å². The number of anilines is 1. The summed E-state index contributed by atoms with van der Waals surface area (Å²) in [4.78, 5) is 54.6. The number of esters is 1. The maximum atomic E-state index is 13.4. The summed E-state index contributed by atoms with van der Waals surface area (Å²) in [6.45, 7) is 3.38. The van der Waals surface area contributed by atoms with Crippen molar-refractivity contribution in [3.05, 3.63) is 75.3 Å². The second kappa shape index (κ2) is 9.99. The average molecular weight is 464 g/mol. The Kier molecular flexibility index (Phi) is 6.86. The normalized spacial score (nSPS) is 13.3. The molecule has 7 nitrogen and oxygen atoms in total. The highest BCUT2D eigenvalue weighted by Crippen LogP contribution is 2.30. The van der Waals surface area contributed by atoms with Crippen LogP contribution in [0.25, 0.3) is 10.9 Å². The summed E-state index contributed by atoms with van der Waals surface area (Å²) in [6, 6.07) is 9.87. The molecule has 3 aromatic rings. The zero-order chi connectivity index (χ0) is 24.2. The van der Waals surface area contributed by atoms with E-state index in [1.165, 1.54) is 18.3 Å². The highest BCUT2D eigenvalue weighted by atomic mass is 19.1. The molecule has 1 N–H and O–H groups in total. The Morgan fingerprint density at radius 3 is 2.47 bits per heavy atom. The number of aromatic amines is 1. The number of carbonyl (C=O) groups excluding carboxylic acids is 3. The van der Waals surface area contributed by atoms with E-state index in [1.807, 2.05) is 6.07 Å². The first-order valence-electron chi connectivity index (χ1n) is 11.3. The predicted molar refractivity (Wildman–Crippen MR) is 126 cm³/mol. The van der Waals surface area contributed by atoms with Gasteiger partial charge in [-0.2, -0.15) is 0 Å². The lowest BCUT2D eigenvalue weighted by atomic mass is 9.98. The summed E-state index contributed by atoms with van der Waals surface area (Å²) in [6.07, 6.45) is 3.19. The maximum absolute atomic E-state index is 13.4. The number of carbonyl (C=O) groups is 3. The van der Waals surface area contributed by atoms with E-state index in [0.29, 0.717) is 17.3 Å². The van der Waals surface area contributed by atoms with Crippen LogP contribution in [0.2, 0.25) is 0 Å². The highest BCUT2D eigenvalue weighted by molar-refractivity contribution is 6.38. The molecule has 176 valence electrons. The van der Waals surface area contributed by atoms with Crippen LogP contribution in [0.3, 0.4) is 0 Å². The molecular formula is C26H25FN2O5. The average Bonchev–Trinajstić information content (AvgIpc) is 3.35. The zero-order valence-electron chi connectivity index (χ0n) is 18.9. The fraction of sp³-hybridized carbons (Fsp3) is 0.308. The molecule has 0 atom stereocenters. The topological polar surface area (TPSA) is 96.5 Å². The van der Waals surface area contributed by atoms with Crippen LogP contribution in [0.1, 0.15) is 47.7 Å². The SMILES string of the molecule is CCOC(=O)C(=O)CC(=O)c1c[nH]c2cc(N3CCCC3)c(Cc3ccc(F)cc3)cc2c1=O. The quantitative estimate of drug-likeness (QED) is 0.237. The zero-order valence-corrected chi connectivity index (χ0v) is 18.9. The number of Topliss-reactive ketones (excluding diaryl/α,β-unsaturated/α-hetero) is 2. The summed E-state index contributed by atoms with van der Waals surface area (Å²) in [5.41, 5.74) is 2.64. The minimum atomic E-state index is -1.09. The summed E-state index contributed by atoms with van der Waals surface area (Å²) in [5, 5.41) is 0.314. The van der Waals surface area contributed by atoms with Crippen LogP contribution in [-0.2, 0) is 20.7 Å². The number of halogens is 1. The number of ether oxygens (including phenoxy) is 1. The molecule has 4 rings (SSSR count). The van der Waals surface area contributed by atoms with Gasteiger partial charge in [0.05, 0.1) is 24.1 Å². The van der Waals surface area contributed by atoms with Crippen molar-refractivity contribution in [2.24, 2.45) is 0 Å². The van der Waals surface area contributed by atoms with Crippen LogP contribution in [0.5, 0.6) is 0 Å². The number of hydrogen-bond donors (Lipinski definition) is 1. The van der Waals surface area contributed by atoms with Gasteiger partial charge in [-0.15, -0.1) is 0 Å². The number of aromatic nitrogens is 1. The fourth-order valence-electron chi connectivity index (χ4n) is 4.25. The van der Waals surface area contributed by atoms with Gasteiger partial charge in [0.2, 0.25) is 5.78 Å². The molecular weight excluding hydrogens is 439 g/mol. The number of nitrogens with one attached hydrogen (secondary N) is 1. The predicted octanol–water partition coefficient (Wildman–Crippen LogP) is 3.56. The van der Waals surface area contributed by atoms with Crippen LogP contribution in [0.15, 0.2) is 47.4 Å². The number of rotatable bonds is 8. The molecule has 0 unspecified atom stereocenters. The van der Waals surface area contributed by atoms with Gasteiger partial charge >= 0.3 is 5.97 Å². The van der Waals surface area contributed by atoms with Gasteiger partial charge in [0.1, 0.15) is 5.82 Å². The molecule has 0 aliphatic carbocycles. The molecule has 1 aliphatic rings. The first kappa shape index (κ1) is 23.4.